The van der Waals surface area contributed by atoms with Crippen LogP contribution in [0.1, 0.15) is 32.6 Å². The normalized spacial score (nSPS) is 24.5. The second kappa shape index (κ2) is 4.73. The van der Waals surface area contributed by atoms with Crippen molar-refractivity contribution >= 4 is 0 Å². The second-order valence-corrected chi connectivity index (χ2v) is 3.76. The molecule has 1 aliphatic rings. The Morgan fingerprint density at radius 3 is 2.18 bits per heavy atom. The summed E-state index contributed by atoms with van der Waals surface area (Å²) >= 11 is 0. The molecule has 0 amide bonds. The second-order valence-electron chi connectivity index (χ2n) is 3.76. The first-order valence-corrected chi connectivity index (χ1v) is 4.98. The summed E-state index contributed by atoms with van der Waals surface area (Å²) in [5, 5.41) is 0. The molecular formula is C9H22N2+2. The predicted octanol–water partition coefficient (Wildman–Crippen LogP) is -0.924. The molecule has 1 fully saturated rings. The van der Waals surface area contributed by atoms with E-state index in [0.29, 0.717) is 0 Å². The summed E-state index contributed by atoms with van der Waals surface area (Å²) in [6, 6.07) is 0.785. The molecule has 0 aromatic heterocycles. The van der Waals surface area contributed by atoms with Gasteiger partial charge in [-0.05, 0) is 32.6 Å². The van der Waals surface area contributed by atoms with Crippen LogP contribution in [0, 0.1) is 0 Å². The zero-order chi connectivity index (χ0) is 8.10. The van der Waals surface area contributed by atoms with Gasteiger partial charge in [0.15, 0.2) is 0 Å². The van der Waals surface area contributed by atoms with Crippen LogP contribution in [0.4, 0.5) is 0 Å². The van der Waals surface area contributed by atoms with Crippen LogP contribution in [0.5, 0.6) is 0 Å². The minimum Gasteiger partial charge on any atom is -0.353 e. The average Bonchev–Trinajstić information content (AvgIpc) is 2.30. The van der Waals surface area contributed by atoms with Gasteiger partial charge >= 0.3 is 0 Å². The van der Waals surface area contributed by atoms with Gasteiger partial charge < -0.3 is 10.6 Å². The predicted molar refractivity (Wildman–Crippen MR) is 46.4 cm³/mol. The van der Waals surface area contributed by atoms with Crippen molar-refractivity contribution in [3.63, 3.8) is 0 Å². The summed E-state index contributed by atoms with van der Waals surface area (Å²) in [4.78, 5) is 1.79. The van der Waals surface area contributed by atoms with Crippen LogP contribution in [-0.4, -0.2) is 25.7 Å². The molecule has 4 N–H and O–H groups in total. The topological polar surface area (TPSA) is 32.1 Å². The molecule has 0 bridgehead atoms. The Morgan fingerprint density at radius 2 is 1.73 bits per heavy atom. The third kappa shape index (κ3) is 2.80. The minimum absolute atomic E-state index is 0.785. The minimum atomic E-state index is 0.785. The fourth-order valence-corrected chi connectivity index (χ4v) is 1.88. The highest BCUT2D eigenvalue weighted by molar-refractivity contribution is 4.50. The van der Waals surface area contributed by atoms with Crippen LogP contribution >= 0.6 is 0 Å². The molecule has 0 spiro atoms. The summed E-state index contributed by atoms with van der Waals surface area (Å²) in [5.41, 5.74) is 3.97. The highest BCUT2D eigenvalue weighted by Gasteiger charge is 2.18. The third-order valence-electron chi connectivity index (χ3n) is 2.88. The lowest BCUT2D eigenvalue weighted by Gasteiger charge is -2.21. The van der Waals surface area contributed by atoms with Crippen molar-refractivity contribution in [1.29, 1.82) is 0 Å². The number of hydrogen-bond acceptors (Lipinski definition) is 0. The molecule has 1 heterocycles. The number of nitrogens with one attached hydrogen (secondary N) is 1. The van der Waals surface area contributed by atoms with Gasteiger partial charge in [-0.1, -0.05) is 0 Å². The fourth-order valence-electron chi connectivity index (χ4n) is 1.88. The van der Waals surface area contributed by atoms with Gasteiger partial charge in [0.2, 0.25) is 0 Å². The maximum absolute atomic E-state index is 3.97. The fraction of sp³-hybridized carbons (Fsp3) is 1.00. The van der Waals surface area contributed by atoms with Crippen LogP contribution in [0.15, 0.2) is 0 Å². The molecule has 1 rings (SSSR count). The molecule has 1 aliphatic heterocycles. The van der Waals surface area contributed by atoms with E-state index in [9.17, 15) is 0 Å². The van der Waals surface area contributed by atoms with E-state index in [1.54, 1.807) is 4.90 Å². The zero-order valence-corrected chi connectivity index (χ0v) is 7.73. The summed E-state index contributed by atoms with van der Waals surface area (Å²) < 4.78 is 0. The smallest absolute Gasteiger partial charge is 0.134 e. The Bertz CT molecular complexity index is 95.7. The molecule has 0 saturated carbocycles. The molecule has 1 saturated heterocycles. The summed E-state index contributed by atoms with van der Waals surface area (Å²) in [5.74, 6) is 0. The van der Waals surface area contributed by atoms with Crippen LogP contribution < -0.4 is 10.6 Å². The van der Waals surface area contributed by atoms with Gasteiger partial charge in [-0.3, -0.25) is 0 Å². The van der Waals surface area contributed by atoms with Crippen LogP contribution in [0.3, 0.4) is 0 Å². The van der Waals surface area contributed by atoms with E-state index in [4.69, 9.17) is 0 Å². The van der Waals surface area contributed by atoms with Gasteiger partial charge in [0.1, 0.15) is 12.6 Å². The first kappa shape index (κ1) is 9.01. The van der Waals surface area contributed by atoms with E-state index >= 15 is 0 Å². The SMILES string of the molecule is C[C@@H](C[NH3+])[NH+]1CCCCCC1. The van der Waals surface area contributed by atoms with E-state index in [1.807, 2.05) is 0 Å². The Balaban J connectivity index is 2.30. The average molecular weight is 158 g/mol. The maximum atomic E-state index is 3.97. The van der Waals surface area contributed by atoms with E-state index < -0.39 is 0 Å². The first-order chi connectivity index (χ1) is 5.34. The lowest BCUT2D eigenvalue weighted by atomic mass is 10.2. The number of rotatable bonds is 2. The first-order valence-electron chi connectivity index (χ1n) is 4.98. The molecule has 2 heteroatoms. The van der Waals surface area contributed by atoms with Gasteiger partial charge in [-0.25, -0.2) is 0 Å². The van der Waals surface area contributed by atoms with Gasteiger partial charge in [0.25, 0.3) is 0 Å². The van der Waals surface area contributed by atoms with E-state index in [2.05, 4.69) is 12.7 Å². The van der Waals surface area contributed by atoms with Crippen molar-refractivity contribution in [2.24, 2.45) is 0 Å². The maximum Gasteiger partial charge on any atom is 0.134 e. The van der Waals surface area contributed by atoms with Gasteiger partial charge in [-0.15, -0.1) is 0 Å². The molecule has 1 atom stereocenters. The Morgan fingerprint density at radius 1 is 1.18 bits per heavy atom. The van der Waals surface area contributed by atoms with E-state index in [1.165, 1.54) is 38.8 Å². The highest BCUT2D eigenvalue weighted by atomic mass is 15.2. The van der Waals surface area contributed by atoms with Gasteiger partial charge in [0.05, 0.1) is 13.1 Å². The molecule has 2 nitrogen and oxygen atoms in total. The van der Waals surface area contributed by atoms with Crippen LogP contribution in [0.25, 0.3) is 0 Å². The van der Waals surface area contributed by atoms with Crippen molar-refractivity contribution in [1.82, 2.24) is 0 Å². The van der Waals surface area contributed by atoms with Crippen molar-refractivity contribution in [2.75, 3.05) is 19.6 Å². The molecule has 11 heavy (non-hydrogen) atoms. The van der Waals surface area contributed by atoms with Gasteiger partial charge in [-0.2, -0.15) is 0 Å². The van der Waals surface area contributed by atoms with Crippen molar-refractivity contribution in [3.05, 3.63) is 0 Å². The quantitative estimate of drug-likeness (QED) is 0.521. The number of likely N-dealkylation sites (tertiary alicyclic amines) is 1. The molecule has 0 aromatic rings. The van der Waals surface area contributed by atoms with Gasteiger partial charge in [0, 0.05) is 0 Å². The van der Waals surface area contributed by atoms with Crippen molar-refractivity contribution in [2.45, 2.75) is 38.6 Å². The molecule has 0 unspecified atom stereocenters. The standard InChI is InChI=1S/C9H20N2/c1-9(8-10)11-6-4-2-3-5-7-11/h9H,2-8,10H2,1H3/p+2/t9-/m0/s1. The highest BCUT2D eigenvalue weighted by Crippen LogP contribution is 1.99. The van der Waals surface area contributed by atoms with Crippen LogP contribution in [0.2, 0.25) is 0 Å². The molecule has 0 aromatic carbocycles. The summed E-state index contributed by atoms with van der Waals surface area (Å²) in [6.07, 6.45) is 5.76. The number of hydrogen-bond donors (Lipinski definition) is 2. The van der Waals surface area contributed by atoms with Crippen LogP contribution in [-0.2, 0) is 0 Å². The lowest BCUT2D eigenvalue weighted by molar-refractivity contribution is -0.928. The largest absolute Gasteiger partial charge is 0.353 e. The third-order valence-corrected chi connectivity index (χ3v) is 2.88. The Kier molecular flexibility index (Phi) is 3.87. The Labute approximate surface area is 69.8 Å². The monoisotopic (exact) mass is 158 g/mol. The zero-order valence-electron chi connectivity index (χ0n) is 7.73. The van der Waals surface area contributed by atoms with Crippen molar-refractivity contribution in [3.8, 4) is 0 Å². The van der Waals surface area contributed by atoms with E-state index in [0.717, 1.165) is 12.6 Å². The molecular weight excluding hydrogens is 136 g/mol. The Hall–Kier alpha value is -0.0800. The number of quaternary nitrogens is 2. The van der Waals surface area contributed by atoms with E-state index in [-0.39, 0.29) is 0 Å². The summed E-state index contributed by atoms with van der Waals surface area (Å²) in [7, 11) is 0. The van der Waals surface area contributed by atoms with Crippen molar-refractivity contribution < 1.29 is 10.6 Å². The lowest BCUT2D eigenvalue weighted by Crippen LogP contribution is -3.16. The molecule has 0 aliphatic carbocycles. The molecule has 66 valence electrons. The molecule has 0 radical (unpaired) electrons. The summed E-state index contributed by atoms with van der Waals surface area (Å²) in [6.45, 7) is 6.19.